The van der Waals surface area contributed by atoms with Crippen LogP contribution in [0.4, 0.5) is 0 Å². The van der Waals surface area contributed by atoms with Crippen molar-refractivity contribution in [2.24, 2.45) is 5.92 Å². The predicted octanol–water partition coefficient (Wildman–Crippen LogP) is 3.21. The van der Waals surface area contributed by atoms with E-state index in [1.54, 1.807) is 24.3 Å². The van der Waals surface area contributed by atoms with Crippen LogP contribution in [0.5, 0.6) is 11.7 Å². The molecule has 0 radical (unpaired) electrons. The van der Waals surface area contributed by atoms with Crippen molar-refractivity contribution in [1.82, 2.24) is 5.32 Å². The molecule has 0 spiro atoms. The molecule has 0 saturated carbocycles. The molecule has 2 N–H and O–H groups in total. The van der Waals surface area contributed by atoms with Gasteiger partial charge in [-0.1, -0.05) is 32.0 Å². The maximum atomic E-state index is 11.9. The van der Waals surface area contributed by atoms with Crippen LogP contribution in [0.2, 0.25) is 0 Å². The number of ether oxygens (including phenoxy) is 1. The first-order chi connectivity index (χ1) is 10.5. The first-order valence-electron chi connectivity index (χ1n) is 7.33. The van der Waals surface area contributed by atoms with E-state index in [-0.39, 0.29) is 24.2 Å². The van der Waals surface area contributed by atoms with Crippen molar-refractivity contribution in [1.29, 1.82) is 0 Å². The molecule has 1 aromatic carbocycles. The second kappa shape index (κ2) is 7.66. The Morgan fingerprint density at radius 2 is 1.95 bits per heavy atom. The third kappa shape index (κ3) is 4.93. The lowest BCUT2D eigenvalue weighted by atomic mass is 10.1. The Morgan fingerprint density at radius 3 is 2.64 bits per heavy atom. The number of carbonyl (C=O) groups is 1. The largest absolute Gasteiger partial charge is 0.426 e. The maximum absolute atomic E-state index is 11.9. The summed E-state index contributed by atoms with van der Waals surface area (Å²) in [5, 5.41) is 12.4. The minimum absolute atomic E-state index is 0.155. The summed E-state index contributed by atoms with van der Waals surface area (Å²) in [6, 6.07) is 12.3. The van der Waals surface area contributed by atoms with Crippen LogP contribution in [0.3, 0.4) is 0 Å². The summed E-state index contributed by atoms with van der Waals surface area (Å²) in [7, 11) is 0. The Labute approximate surface area is 129 Å². The number of hydrogen-bond acceptors (Lipinski definition) is 4. The predicted molar refractivity (Wildman–Crippen MR) is 83.0 cm³/mol. The van der Waals surface area contributed by atoms with Gasteiger partial charge in [-0.2, -0.15) is 0 Å². The zero-order valence-electron chi connectivity index (χ0n) is 12.8. The quantitative estimate of drug-likeness (QED) is 0.824. The van der Waals surface area contributed by atoms with Crippen molar-refractivity contribution >= 4 is 5.91 Å². The molecule has 0 saturated heterocycles. The standard InChI is InChI=1S/C17H21NO4/c1-12(2)10-13(19)11-18-17(20)15-8-9-16(22-15)21-14-6-4-3-5-7-14/h3-9,12-13,19H,10-11H2,1-2H3,(H,18,20). The Bertz CT molecular complexity index is 592. The topological polar surface area (TPSA) is 71.7 Å². The van der Waals surface area contributed by atoms with Crippen molar-refractivity contribution in [3.8, 4) is 11.7 Å². The molecular formula is C17H21NO4. The van der Waals surface area contributed by atoms with Gasteiger partial charge in [0, 0.05) is 12.6 Å². The summed E-state index contributed by atoms with van der Waals surface area (Å²) in [4.78, 5) is 11.9. The highest BCUT2D eigenvalue weighted by atomic mass is 16.6. The van der Waals surface area contributed by atoms with Crippen molar-refractivity contribution in [2.45, 2.75) is 26.4 Å². The van der Waals surface area contributed by atoms with E-state index >= 15 is 0 Å². The number of nitrogens with one attached hydrogen (secondary N) is 1. The zero-order valence-corrected chi connectivity index (χ0v) is 12.8. The number of para-hydroxylation sites is 1. The summed E-state index contributed by atoms with van der Waals surface area (Å²) >= 11 is 0. The minimum Gasteiger partial charge on any atom is -0.426 e. The molecule has 22 heavy (non-hydrogen) atoms. The molecule has 118 valence electrons. The van der Waals surface area contributed by atoms with Gasteiger partial charge in [0.2, 0.25) is 0 Å². The van der Waals surface area contributed by atoms with E-state index in [0.29, 0.717) is 18.1 Å². The Hall–Kier alpha value is -2.27. The fourth-order valence-corrected chi connectivity index (χ4v) is 2.03. The molecule has 1 heterocycles. The van der Waals surface area contributed by atoms with Gasteiger partial charge in [0.15, 0.2) is 5.76 Å². The number of furan rings is 1. The van der Waals surface area contributed by atoms with Crippen molar-refractivity contribution in [3.05, 3.63) is 48.2 Å². The first kappa shape index (κ1) is 16.1. The van der Waals surface area contributed by atoms with Gasteiger partial charge in [-0.05, 0) is 30.5 Å². The van der Waals surface area contributed by atoms with Gasteiger partial charge in [0.05, 0.1) is 6.10 Å². The minimum atomic E-state index is -0.557. The maximum Gasteiger partial charge on any atom is 0.290 e. The van der Waals surface area contributed by atoms with Crippen molar-refractivity contribution in [2.75, 3.05) is 6.54 Å². The van der Waals surface area contributed by atoms with Crippen LogP contribution in [-0.4, -0.2) is 23.7 Å². The third-order valence-corrected chi connectivity index (χ3v) is 3.01. The number of aliphatic hydroxyl groups is 1. The summed E-state index contributed by atoms with van der Waals surface area (Å²) in [6.45, 7) is 4.24. The number of rotatable bonds is 7. The number of hydrogen-bond donors (Lipinski definition) is 2. The molecule has 1 atom stereocenters. The Kier molecular flexibility index (Phi) is 5.61. The molecule has 0 aliphatic carbocycles. The van der Waals surface area contributed by atoms with Crippen LogP contribution in [0, 0.1) is 5.92 Å². The molecule has 5 heteroatoms. The van der Waals surface area contributed by atoms with Crippen molar-refractivity contribution < 1.29 is 19.1 Å². The van der Waals surface area contributed by atoms with E-state index in [1.807, 2.05) is 32.0 Å². The first-order valence-corrected chi connectivity index (χ1v) is 7.33. The number of amides is 1. The van der Waals surface area contributed by atoms with Crippen LogP contribution < -0.4 is 10.1 Å². The number of carbonyl (C=O) groups excluding carboxylic acids is 1. The van der Waals surface area contributed by atoms with Crippen LogP contribution in [-0.2, 0) is 0 Å². The summed E-state index contributed by atoms with van der Waals surface area (Å²) < 4.78 is 10.8. The van der Waals surface area contributed by atoms with Gasteiger partial charge in [0.25, 0.3) is 11.9 Å². The number of aliphatic hydroxyl groups excluding tert-OH is 1. The van der Waals surface area contributed by atoms with E-state index in [0.717, 1.165) is 0 Å². The van der Waals surface area contributed by atoms with E-state index in [4.69, 9.17) is 9.15 Å². The van der Waals surface area contributed by atoms with Gasteiger partial charge in [-0.25, -0.2) is 0 Å². The summed E-state index contributed by atoms with van der Waals surface area (Å²) in [6.07, 6.45) is 0.0832. The van der Waals surface area contributed by atoms with Gasteiger partial charge >= 0.3 is 0 Å². The zero-order chi connectivity index (χ0) is 15.9. The van der Waals surface area contributed by atoms with Crippen LogP contribution >= 0.6 is 0 Å². The highest BCUT2D eigenvalue weighted by Crippen LogP contribution is 2.23. The second-order valence-electron chi connectivity index (χ2n) is 5.53. The fraction of sp³-hybridized carbons (Fsp3) is 0.353. The SMILES string of the molecule is CC(C)CC(O)CNC(=O)c1ccc(Oc2ccccc2)o1. The monoisotopic (exact) mass is 303 g/mol. The molecular weight excluding hydrogens is 282 g/mol. The molecule has 0 fully saturated rings. The van der Waals surface area contributed by atoms with Crippen molar-refractivity contribution in [3.63, 3.8) is 0 Å². The van der Waals surface area contributed by atoms with Gasteiger partial charge in [-0.15, -0.1) is 0 Å². The molecule has 0 bridgehead atoms. The summed E-state index contributed by atoms with van der Waals surface area (Å²) in [5.74, 6) is 1.05. The van der Waals surface area contributed by atoms with E-state index < -0.39 is 6.10 Å². The number of benzene rings is 1. The summed E-state index contributed by atoms with van der Waals surface area (Å²) in [5.41, 5.74) is 0. The smallest absolute Gasteiger partial charge is 0.290 e. The Balaban J connectivity index is 1.86. The normalized spacial score (nSPS) is 12.2. The molecule has 2 rings (SSSR count). The molecule has 0 aliphatic rings. The molecule has 0 aliphatic heterocycles. The highest BCUT2D eigenvalue weighted by molar-refractivity contribution is 5.91. The lowest BCUT2D eigenvalue weighted by molar-refractivity contribution is 0.0869. The van der Waals surface area contributed by atoms with Gasteiger partial charge < -0.3 is 19.6 Å². The fourth-order valence-electron chi connectivity index (χ4n) is 2.03. The van der Waals surface area contributed by atoms with Gasteiger partial charge in [-0.3, -0.25) is 4.79 Å². The van der Waals surface area contributed by atoms with Crippen LogP contribution in [0.25, 0.3) is 0 Å². The third-order valence-electron chi connectivity index (χ3n) is 3.01. The van der Waals surface area contributed by atoms with E-state index in [1.165, 1.54) is 0 Å². The molecule has 1 amide bonds. The molecule has 1 unspecified atom stereocenters. The van der Waals surface area contributed by atoms with Crippen LogP contribution in [0.15, 0.2) is 46.9 Å². The second-order valence-corrected chi connectivity index (χ2v) is 5.53. The van der Waals surface area contributed by atoms with Gasteiger partial charge in [0.1, 0.15) is 5.75 Å². The Morgan fingerprint density at radius 1 is 1.23 bits per heavy atom. The lowest BCUT2D eigenvalue weighted by Crippen LogP contribution is -2.32. The van der Waals surface area contributed by atoms with E-state index in [9.17, 15) is 9.90 Å². The van der Waals surface area contributed by atoms with Crippen LogP contribution in [0.1, 0.15) is 30.8 Å². The average molecular weight is 303 g/mol. The molecule has 5 nitrogen and oxygen atoms in total. The highest BCUT2D eigenvalue weighted by Gasteiger charge is 2.14. The lowest BCUT2D eigenvalue weighted by Gasteiger charge is -2.13. The van der Waals surface area contributed by atoms with E-state index in [2.05, 4.69) is 5.32 Å². The molecule has 1 aromatic heterocycles. The molecule has 2 aromatic rings. The average Bonchev–Trinajstić information content (AvgIpc) is 2.94.